The summed E-state index contributed by atoms with van der Waals surface area (Å²) >= 11 is 0. The molecule has 0 N–H and O–H groups in total. The van der Waals surface area contributed by atoms with E-state index in [9.17, 15) is 0 Å². The minimum atomic E-state index is -3.63. The molecule has 0 unspecified atom stereocenters. The van der Waals surface area contributed by atoms with Crippen molar-refractivity contribution in [3.63, 3.8) is 0 Å². The van der Waals surface area contributed by atoms with E-state index in [1.165, 1.54) is 0 Å². The van der Waals surface area contributed by atoms with Crippen molar-refractivity contribution >= 4 is 53.1 Å². The zero-order valence-electron chi connectivity index (χ0n) is 4.16. The van der Waals surface area contributed by atoms with Crippen LogP contribution in [0.4, 0.5) is 4.79 Å². The van der Waals surface area contributed by atoms with Gasteiger partial charge in [-0.3, -0.25) is 0 Å². The van der Waals surface area contributed by atoms with E-state index in [1.807, 2.05) is 0 Å². The van der Waals surface area contributed by atoms with Gasteiger partial charge in [0.05, 0.1) is 0 Å². The van der Waals surface area contributed by atoms with Crippen molar-refractivity contribution in [1.29, 1.82) is 0 Å². The van der Waals surface area contributed by atoms with Crippen LogP contribution in [0.2, 0.25) is 0 Å². The van der Waals surface area contributed by atoms with Crippen molar-refractivity contribution in [1.82, 2.24) is 0 Å². The summed E-state index contributed by atoms with van der Waals surface area (Å²) in [6.45, 7) is 0. The average molecular weight is 176 g/mol. The number of hydrogen-bond acceptors (Lipinski definition) is 6. The van der Waals surface area contributed by atoms with Crippen LogP contribution in [0.15, 0.2) is 0 Å². The molecular weight excluding hydrogens is 176 g/mol. The number of carbonyl (C=O) groups excluding carboxylic acids is 1. The maximum absolute atomic E-state index is 8.52. The topological polar surface area (TPSA) is 126 Å². The molecule has 0 saturated carbocycles. The molecule has 0 aromatic carbocycles. The van der Waals surface area contributed by atoms with E-state index < -0.39 is 15.3 Å². The summed E-state index contributed by atoms with van der Waals surface area (Å²) in [6.07, 6.45) is -2.33. The van der Waals surface area contributed by atoms with Gasteiger partial charge in [-0.05, 0) is 6.16 Å². The van der Waals surface area contributed by atoms with Crippen LogP contribution in [-0.4, -0.2) is 53.1 Å². The van der Waals surface area contributed by atoms with Gasteiger partial charge in [-0.15, -0.1) is 0 Å². The molecule has 0 rings (SSSR count). The van der Waals surface area contributed by atoms with E-state index in [0.717, 1.165) is 0 Å². The Labute approximate surface area is 81.7 Å². The zero-order chi connectivity index (χ0) is 7.15. The summed E-state index contributed by atoms with van der Waals surface area (Å²) in [5.41, 5.74) is 0. The molecule has 0 aromatic heterocycles. The van der Waals surface area contributed by atoms with Crippen LogP contribution in [0.5, 0.6) is 0 Å². The van der Waals surface area contributed by atoms with Crippen molar-refractivity contribution in [3.05, 3.63) is 0 Å². The SMILES string of the molecule is O=C([O-])[O-].O=[Si]([O-])[O-].[Ca+2]. The van der Waals surface area contributed by atoms with Gasteiger partial charge in [0.1, 0.15) is 0 Å². The first-order valence-corrected chi connectivity index (χ1v) is 2.45. The predicted octanol–water partition coefficient (Wildman–Crippen LogP) is -5.71. The van der Waals surface area contributed by atoms with Crippen LogP contribution in [0.25, 0.3) is 0 Å². The monoisotopic (exact) mass is 176 g/mol. The minimum absolute atomic E-state index is 0. The second-order valence-electron chi connectivity index (χ2n) is 0.500. The van der Waals surface area contributed by atoms with Gasteiger partial charge >= 0.3 is 37.7 Å². The fraction of sp³-hybridized carbons (Fsp3) is 0. The minimum Gasteiger partial charge on any atom is -0.672 e. The number of carbonyl (C=O) groups is 1. The van der Waals surface area contributed by atoms with E-state index in [2.05, 4.69) is 0 Å². The number of rotatable bonds is 0. The first-order valence-electron chi connectivity index (χ1n) is 1.22. The molecule has 0 fully saturated rings. The standard InChI is InChI=1S/CH2O3.Ca.O3Si/c2-1(3)4;;1-4(2)3/h(H2,2,3,4);;/q;+2;-2/p-2. The first-order chi connectivity index (χ1) is 3.46. The smallest absolute Gasteiger partial charge is 0.672 e. The molecular formula is CCaO6Si-2. The third kappa shape index (κ3) is 14300. The molecule has 0 atom stereocenters. The van der Waals surface area contributed by atoms with Crippen LogP contribution in [0.3, 0.4) is 0 Å². The molecule has 0 spiro atoms. The molecule has 6 nitrogen and oxygen atoms in total. The quantitative estimate of drug-likeness (QED) is 0.338. The van der Waals surface area contributed by atoms with Gasteiger partial charge < -0.3 is 29.1 Å². The summed E-state index contributed by atoms with van der Waals surface area (Å²) in [5.74, 6) is 0. The van der Waals surface area contributed by atoms with Gasteiger partial charge in [0.25, 0.3) is 0 Å². The van der Waals surface area contributed by atoms with E-state index in [1.54, 1.807) is 0 Å². The second kappa shape index (κ2) is 11.0. The van der Waals surface area contributed by atoms with Crippen molar-refractivity contribution in [3.8, 4) is 0 Å². The summed E-state index contributed by atoms with van der Waals surface area (Å²) < 4.78 is 8.52. The summed E-state index contributed by atoms with van der Waals surface area (Å²) in [6, 6.07) is 0. The summed E-state index contributed by atoms with van der Waals surface area (Å²) in [4.78, 5) is 25.4. The van der Waals surface area contributed by atoms with Gasteiger partial charge in [-0.2, -0.15) is 0 Å². The number of hydrogen-bond donors (Lipinski definition) is 0. The molecule has 0 aliphatic carbocycles. The Bertz CT molecular complexity index is 71.1. The van der Waals surface area contributed by atoms with Crippen LogP contribution in [-0.2, 0) is 4.46 Å². The summed E-state index contributed by atoms with van der Waals surface area (Å²) in [5, 5.41) is 16.7. The van der Waals surface area contributed by atoms with Crippen LogP contribution in [0, 0.1) is 0 Å². The maximum atomic E-state index is 8.52. The van der Waals surface area contributed by atoms with Crippen molar-refractivity contribution in [2.24, 2.45) is 0 Å². The molecule has 0 heterocycles. The first kappa shape index (κ1) is 16.1. The van der Waals surface area contributed by atoms with E-state index in [4.69, 9.17) is 29.1 Å². The number of carboxylic acid groups (broad SMARTS) is 2. The molecule has 0 saturated heterocycles. The Morgan fingerprint density at radius 3 is 1.22 bits per heavy atom. The second-order valence-corrected chi connectivity index (χ2v) is 1.00. The van der Waals surface area contributed by atoms with Crippen LogP contribution < -0.4 is 19.8 Å². The zero-order valence-corrected chi connectivity index (χ0v) is 7.36. The normalized spacial score (nSPS) is 5.33. The Hall–Kier alpha value is 0.147. The molecule has 0 aliphatic heterocycles. The van der Waals surface area contributed by atoms with Gasteiger partial charge in [0, 0.05) is 9.17 Å². The average Bonchev–Trinajstić information content (AvgIpc) is 1.25. The van der Waals surface area contributed by atoms with Crippen molar-refractivity contribution in [2.45, 2.75) is 0 Å². The van der Waals surface area contributed by atoms with Gasteiger partial charge in [-0.1, -0.05) is 0 Å². The summed E-state index contributed by atoms with van der Waals surface area (Å²) in [7, 11) is -3.63. The van der Waals surface area contributed by atoms with E-state index in [-0.39, 0.29) is 37.7 Å². The van der Waals surface area contributed by atoms with Crippen molar-refractivity contribution in [2.75, 3.05) is 0 Å². The van der Waals surface area contributed by atoms with Gasteiger partial charge in [0.2, 0.25) is 0 Å². The molecule has 0 aromatic rings. The molecule has 0 radical (unpaired) electrons. The molecule has 0 aliphatic rings. The molecule has 0 amide bonds. The van der Waals surface area contributed by atoms with Gasteiger partial charge in [0.15, 0.2) is 0 Å². The Morgan fingerprint density at radius 1 is 1.22 bits per heavy atom. The fourth-order valence-corrected chi connectivity index (χ4v) is 0. The third-order valence-corrected chi connectivity index (χ3v) is 0. The van der Waals surface area contributed by atoms with Crippen LogP contribution >= 0.6 is 0 Å². The molecule has 8 heteroatoms. The fourth-order valence-electron chi connectivity index (χ4n) is 0. The van der Waals surface area contributed by atoms with Gasteiger partial charge in [-0.25, -0.2) is 0 Å². The third-order valence-electron chi connectivity index (χ3n) is 0. The predicted molar refractivity (Wildman–Crippen MR) is 17.6 cm³/mol. The molecule has 0 bridgehead atoms. The van der Waals surface area contributed by atoms with E-state index in [0.29, 0.717) is 0 Å². The Morgan fingerprint density at radius 2 is 1.22 bits per heavy atom. The molecule has 48 valence electrons. The Balaban J connectivity index is -0.0000000720. The maximum Gasteiger partial charge on any atom is 2.00 e. The van der Waals surface area contributed by atoms with E-state index >= 15 is 0 Å². The van der Waals surface area contributed by atoms with Crippen LogP contribution in [0.1, 0.15) is 0 Å². The molecule has 9 heavy (non-hydrogen) atoms. The largest absolute Gasteiger partial charge is 2.00 e. The van der Waals surface area contributed by atoms with Crippen molar-refractivity contribution < 1.29 is 29.1 Å². The Kier molecular flexibility index (Phi) is 19.7.